The Bertz CT molecular complexity index is 2690. The monoisotopic (exact) mass is 907 g/mol. The lowest BCUT2D eigenvalue weighted by molar-refractivity contribution is -0.172. The van der Waals surface area contributed by atoms with E-state index in [1.807, 2.05) is 18.2 Å². The van der Waals surface area contributed by atoms with Crippen molar-refractivity contribution >= 4 is 52.1 Å². The first-order valence-electron chi connectivity index (χ1n) is 22.4. The fourth-order valence-corrected chi connectivity index (χ4v) is 9.06. The first-order valence-corrected chi connectivity index (χ1v) is 22.4. The predicted octanol–water partition coefficient (Wildman–Crippen LogP) is 2.42. The molecule has 0 unspecified atom stereocenters. The van der Waals surface area contributed by atoms with Crippen LogP contribution in [0.1, 0.15) is 110 Å². The molecule has 0 saturated heterocycles. The Morgan fingerprint density at radius 2 is 1.68 bits per heavy atom. The van der Waals surface area contributed by atoms with Gasteiger partial charge in [-0.15, -0.1) is 0 Å². The van der Waals surface area contributed by atoms with E-state index in [9.17, 15) is 43.5 Å². The minimum Gasteiger partial charge on any atom is -0.458 e. The number of aliphatic hydroxyl groups is 1. The molecule has 3 aliphatic rings. The minimum absolute atomic E-state index is 0.0263. The number of nitrogens with one attached hydrogen (secondary N) is 4. The number of fused-ring (bicyclic) bond motifs is 5. The van der Waals surface area contributed by atoms with Gasteiger partial charge in [0.1, 0.15) is 12.4 Å². The number of ketones is 2. The molecule has 0 fully saturated rings. The van der Waals surface area contributed by atoms with E-state index in [1.54, 1.807) is 32.0 Å². The number of hydrogen-bond acceptors (Lipinski definition) is 12. The molecule has 7 rings (SSSR count). The summed E-state index contributed by atoms with van der Waals surface area (Å²) in [5, 5.41) is 23.1. The van der Waals surface area contributed by atoms with Crippen LogP contribution in [0.4, 0.5) is 4.39 Å². The number of nitrogens with two attached hydrogens (primary N) is 1. The number of aromatic nitrogens is 2. The summed E-state index contributed by atoms with van der Waals surface area (Å²) >= 11 is 0. The van der Waals surface area contributed by atoms with Gasteiger partial charge >= 0.3 is 5.97 Å². The number of Topliss-reactive ketones (excluding diaryl/α,β-unsaturated/α-hetero) is 2. The molecule has 348 valence electrons. The molecule has 0 radical (unpaired) electrons. The predicted molar refractivity (Wildman–Crippen MR) is 238 cm³/mol. The SMILES string of the molecule is CC[C@@]1(O)C(=O)OCc2c1cc1n(c2=O)Cc2c-1nc1cc(F)c(C)c3c1c2[C@@H](NC(=O)CCCNC(=O)CCC(=O)[C@H](Cc1ccccc1)NC(=O)CCC(=O)CNC(=O)CCN)CC3. The fraction of sp³-hybridized carbons (Fsp3) is 0.438. The summed E-state index contributed by atoms with van der Waals surface area (Å²) in [4.78, 5) is 108. The normalized spacial score (nSPS) is 17.2. The molecule has 4 amide bonds. The van der Waals surface area contributed by atoms with Crippen molar-refractivity contribution in [2.45, 2.75) is 115 Å². The molecule has 0 bridgehead atoms. The van der Waals surface area contributed by atoms with Crippen molar-refractivity contribution in [2.24, 2.45) is 5.73 Å². The standard InChI is InChI=1S/C48H54FN7O10/c1-3-48(65)32-21-37-45-30(24-56(37)46(63)31(32)25-66-47(48)64)44-34(13-12-29-26(2)33(49)22-36(55-45)43(29)44)53-41(61)10-7-19-51-39(59)16-14-38(58)35(20-27-8-5-4-6-9-27)54-42(62)15-11-28(57)23-52-40(60)17-18-50/h4-6,8-9,21-22,34-35,65H,3,7,10-20,23-25,50H2,1-2H3,(H,51,59)(H,52,60)(H,53,61)(H,54,62)/t34-,35-,48-/m0/s1. The zero-order valence-corrected chi connectivity index (χ0v) is 37.0. The number of nitrogens with zero attached hydrogens (tertiary/aromatic N) is 2. The second kappa shape index (κ2) is 20.2. The number of esters is 1. The number of halogens is 1. The second-order valence-corrected chi connectivity index (χ2v) is 17.1. The van der Waals surface area contributed by atoms with Crippen LogP contribution in [0.2, 0.25) is 0 Å². The molecule has 66 heavy (non-hydrogen) atoms. The van der Waals surface area contributed by atoms with E-state index in [0.717, 1.165) is 16.7 Å². The van der Waals surface area contributed by atoms with E-state index in [0.29, 0.717) is 46.3 Å². The zero-order chi connectivity index (χ0) is 47.3. The molecule has 3 atom stereocenters. The number of carbonyl (C=O) groups is 7. The molecule has 2 aliphatic heterocycles. The number of carbonyl (C=O) groups excluding carboxylic acids is 7. The van der Waals surface area contributed by atoms with Crippen molar-refractivity contribution < 1.29 is 47.8 Å². The largest absolute Gasteiger partial charge is 0.458 e. The summed E-state index contributed by atoms with van der Waals surface area (Å²) in [6.45, 7) is 3.18. The summed E-state index contributed by atoms with van der Waals surface area (Å²) < 4.78 is 22.1. The van der Waals surface area contributed by atoms with Gasteiger partial charge in [-0.1, -0.05) is 37.3 Å². The maximum Gasteiger partial charge on any atom is 0.343 e. The molecular formula is C48H54FN7O10. The lowest BCUT2D eigenvalue weighted by atomic mass is 9.81. The van der Waals surface area contributed by atoms with Gasteiger partial charge in [0.05, 0.1) is 47.6 Å². The average molecular weight is 908 g/mol. The van der Waals surface area contributed by atoms with E-state index in [1.165, 1.54) is 10.6 Å². The molecule has 17 nitrogen and oxygen atoms in total. The number of aryl methyl sites for hydroxylation is 1. The number of benzene rings is 2. The van der Waals surface area contributed by atoms with Crippen LogP contribution in [0.3, 0.4) is 0 Å². The Morgan fingerprint density at radius 1 is 0.939 bits per heavy atom. The molecule has 2 aromatic carbocycles. The third-order valence-corrected chi connectivity index (χ3v) is 12.7. The maximum absolute atomic E-state index is 15.3. The van der Waals surface area contributed by atoms with Crippen molar-refractivity contribution in [3.05, 3.63) is 97.6 Å². The van der Waals surface area contributed by atoms with Crippen molar-refractivity contribution in [2.75, 3.05) is 19.6 Å². The third kappa shape index (κ3) is 9.94. The number of amides is 4. The van der Waals surface area contributed by atoms with Crippen LogP contribution < -0.4 is 32.6 Å². The lowest BCUT2D eigenvalue weighted by Gasteiger charge is -2.31. The number of hydrogen-bond donors (Lipinski definition) is 6. The van der Waals surface area contributed by atoms with Gasteiger partial charge < -0.3 is 41.4 Å². The average Bonchev–Trinajstić information content (AvgIpc) is 3.67. The van der Waals surface area contributed by atoms with Crippen molar-refractivity contribution in [3.63, 3.8) is 0 Å². The van der Waals surface area contributed by atoms with E-state index >= 15 is 4.39 Å². The molecule has 4 heterocycles. The zero-order valence-electron chi connectivity index (χ0n) is 37.0. The third-order valence-electron chi connectivity index (χ3n) is 12.7. The Labute approximate surface area is 379 Å². The van der Waals surface area contributed by atoms with E-state index in [-0.39, 0.29) is 125 Å². The molecule has 4 aromatic rings. The Hall–Kier alpha value is -6.66. The number of rotatable bonds is 20. The van der Waals surface area contributed by atoms with Gasteiger partial charge in [-0.2, -0.15) is 0 Å². The van der Waals surface area contributed by atoms with Gasteiger partial charge in [0, 0.05) is 74.2 Å². The molecule has 2 aromatic heterocycles. The topological polar surface area (TPSA) is 258 Å². The van der Waals surface area contributed by atoms with Crippen LogP contribution in [0.5, 0.6) is 0 Å². The van der Waals surface area contributed by atoms with E-state index in [2.05, 4.69) is 21.3 Å². The van der Waals surface area contributed by atoms with Crippen molar-refractivity contribution in [1.29, 1.82) is 0 Å². The Morgan fingerprint density at radius 3 is 2.42 bits per heavy atom. The van der Waals surface area contributed by atoms with E-state index < -0.39 is 46.8 Å². The fourth-order valence-electron chi connectivity index (χ4n) is 9.06. The summed E-state index contributed by atoms with van der Waals surface area (Å²) in [7, 11) is 0. The molecule has 0 spiro atoms. The second-order valence-electron chi connectivity index (χ2n) is 17.1. The lowest BCUT2D eigenvalue weighted by Crippen LogP contribution is -2.44. The molecule has 0 saturated carbocycles. The highest BCUT2D eigenvalue weighted by Crippen LogP contribution is 2.46. The van der Waals surface area contributed by atoms with Crippen LogP contribution >= 0.6 is 0 Å². The van der Waals surface area contributed by atoms with Gasteiger partial charge in [-0.05, 0) is 67.3 Å². The first-order chi connectivity index (χ1) is 31.6. The van der Waals surface area contributed by atoms with Crippen LogP contribution in [0.15, 0.2) is 47.3 Å². The summed E-state index contributed by atoms with van der Waals surface area (Å²) in [6, 6.07) is 10.5. The van der Waals surface area contributed by atoms with Crippen LogP contribution in [0.25, 0.3) is 22.3 Å². The highest BCUT2D eigenvalue weighted by molar-refractivity contribution is 5.95. The van der Waals surface area contributed by atoms with E-state index in [4.69, 9.17) is 15.5 Å². The summed E-state index contributed by atoms with van der Waals surface area (Å²) in [5.74, 6) is -3.60. The molecule has 7 N–H and O–H groups in total. The van der Waals surface area contributed by atoms with Crippen LogP contribution in [-0.2, 0) is 69.9 Å². The van der Waals surface area contributed by atoms with Gasteiger partial charge in [0.15, 0.2) is 17.2 Å². The minimum atomic E-state index is -2.02. The van der Waals surface area contributed by atoms with Crippen molar-refractivity contribution in [1.82, 2.24) is 30.8 Å². The van der Waals surface area contributed by atoms with Gasteiger partial charge in [-0.25, -0.2) is 14.2 Å². The van der Waals surface area contributed by atoms with Crippen LogP contribution in [0, 0.1) is 12.7 Å². The first kappa shape index (κ1) is 47.3. The Balaban J connectivity index is 0.959. The molecule has 18 heteroatoms. The van der Waals surface area contributed by atoms with Gasteiger partial charge in [0.25, 0.3) is 5.56 Å². The number of pyridine rings is 2. The summed E-state index contributed by atoms with van der Waals surface area (Å²) in [5.41, 5.74) is 7.76. The number of ether oxygens (including phenoxy) is 1. The highest BCUT2D eigenvalue weighted by atomic mass is 19.1. The molecular weight excluding hydrogens is 854 g/mol. The quantitative estimate of drug-likeness (QED) is 0.0487. The summed E-state index contributed by atoms with van der Waals surface area (Å²) in [6.07, 6.45) is 0.797. The smallest absolute Gasteiger partial charge is 0.343 e. The maximum atomic E-state index is 15.3. The van der Waals surface area contributed by atoms with Gasteiger partial charge in [0.2, 0.25) is 23.6 Å². The Kier molecular flexibility index (Phi) is 14.5. The van der Waals surface area contributed by atoms with Gasteiger partial charge in [-0.3, -0.25) is 33.6 Å². The van der Waals surface area contributed by atoms with Crippen molar-refractivity contribution in [3.8, 4) is 11.4 Å². The molecule has 1 aliphatic carbocycles. The highest BCUT2D eigenvalue weighted by Gasteiger charge is 2.46. The van der Waals surface area contributed by atoms with Crippen LogP contribution in [-0.4, -0.2) is 81.5 Å². The number of cyclic esters (lactones) is 1.